The van der Waals surface area contributed by atoms with Gasteiger partial charge in [-0.3, -0.25) is 25.0 Å². The Morgan fingerprint density at radius 3 is 2.79 bits per heavy atom. The molecule has 0 aliphatic carbocycles. The van der Waals surface area contributed by atoms with E-state index in [0.717, 1.165) is 0 Å². The van der Waals surface area contributed by atoms with Crippen LogP contribution in [0.1, 0.15) is 18.5 Å². The molecule has 1 unspecified atom stereocenters. The molecule has 102 valence electrons. The fourth-order valence-corrected chi connectivity index (χ4v) is 2.02. The highest BCUT2D eigenvalue weighted by Crippen LogP contribution is 2.28. The molecule has 0 spiro atoms. The van der Waals surface area contributed by atoms with E-state index >= 15 is 0 Å². The van der Waals surface area contributed by atoms with Gasteiger partial charge in [-0.05, 0) is 13.3 Å². The zero-order valence-corrected chi connectivity index (χ0v) is 10.5. The summed E-state index contributed by atoms with van der Waals surface area (Å²) in [5, 5.41) is 19.9. The van der Waals surface area contributed by atoms with Gasteiger partial charge < -0.3 is 5.32 Å². The SMILES string of the molecule is Cc1nn(C)c(NC2CCC(=O)NC2=O)c1[N+](=O)[O-]. The summed E-state index contributed by atoms with van der Waals surface area (Å²) in [7, 11) is 1.55. The number of nitrogens with zero attached hydrogens (tertiary/aromatic N) is 3. The fraction of sp³-hybridized carbons (Fsp3) is 0.500. The summed E-state index contributed by atoms with van der Waals surface area (Å²) in [5.41, 5.74) is 0.106. The van der Waals surface area contributed by atoms with Gasteiger partial charge in [-0.25, -0.2) is 4.68 Å². The number of hydrogen-bond donors (Lipinski definition) is 2. The molecule has 0 saturated carbocycles. The predicted octanol–water partition coefficient (Wildman–Crippen LogP) is -0.146. The Kier molecular flexibility index (Phi) is 3.19. The lowest BCUT2D eigenvalue weighted by molar-refractivity contribution is -0.384. The molecule has 0 bridgehead atoms. The topological polar surface area (TPSA) is 119 Å². The maximum atomic E-state index is 11.6. The molecule has 19 heavy (non-hydrogen) atoms. The third-order valence-corrected chi connectivity index (χ3v) is 2.92. The van der Waals surface area contributed by atoms with Crippen molar-refractivity contribution in [1.82, 2.24) is 15.1 Å². The number of nitro groups is 1. The summed E-state index contributed by atoms with van der Waals surface area (Å²) in [4.78, 5) is 33.1. The molecular formula is C10H13N5O4. The van der Waals surface area contributed by atoms with Crippen LogP contribution in [0.2, 0.25) is 0 Å². The van der Waals surface area contributed by atoms with Crippen LogP contribution in [0, 0.1) is 17.0 Å². The number of anilines is 1. The van der Waals surface area contributed by atoms with E-state index in [9.17, 15) is 19.7 Å². The Morgan fingerprint density at radius 1 is 1.53 bits per heavy atom. The largest absolute Gasteiger partial charge is 0.353 e. The van der Waals surface area contributed by atoms with Crippen molar-refractivity contribution in [1.29, 1.82) is 0 Å². The molecule has 1 fully saturated rings. The zero-order valence-electron chi connectivity index (χ0n) is 10.5. The van der Waals surface area contributed by atoms with Gasteiger partial charge in [0.05, 0.1) is 4.92 Å². The Hall–Kier alpha value is -2.45. The van der Waals surface area contributed by atoms with Crippen LogP contribution < -0.4 is 10.6 Å². The first-order chi connectivity index (χ1) is 8.90. The Bertz CT molecular complexity index is 565. The van der Waals surface area contributed by atoms with Crippen LogP contribution in [0.25, 0.3) is 0 Å². The van der Waals surface area contributed by atoms with Crippen LogP contribution in [-0.2, 0) is 16.6 Å². The van der Waals surface area contributed by atoms with Gasteiger partial charge in [0.1, 0.15) is 11.7 Å². The molecule has 2 amide bonds. The average Bonchev–Trinajstić information content (AvgIpc) is 2.57. The van der Waals surface area contributed by atoms with Crippen molar-refractivity contribution < 1.29 is 14.5 Å². The molecule has 2 N–H and O–H groups in total. The lowest BCUT2D eigenvalue weighted by Crippen LogP contribution is -2.47. The molecular weight excluding hydrogens is 254 g/mol. The molecule has 1 aromatic heterocycles. The Labute approximate surface area is 108 Å². The number of rotatable bonds is 3. The Morgan fingerprint density at radius 2 is 2.21 bits per heavy atom. The summed E-state index contributed by atoms with van der Waals surface area (Å²) < 4.78 is 1.32. The van der Waals surface area contributed by atoms with Gasteiger partial charge in [-0.2, -0.15) is 5.10 Å². The van der Waals surface area contributed by atoms with Gasteiger partial charge in [-0.1, -0.05) is 0 Å². The van der Waals surface area contributed by atoms with Crippen LogP contribution in [0.15, 0.2) is 0 Å². The van der Waals surface area contributed by atoms with Gasteiger partial charge in [0, 0.05) is 13.5 Å². The van der Waals surface area contributed by atoms with Crippen molar-refractivity contribution in [3.05, 3.63) is 15.8 Å². The number of piperidine rings is 1. The Balaban J connectivity index is 2.26. The zero-order chi connectivity index (χ0) is 14.2. The third-order valence-electron chi connectivity index (χ3n) is 2.92. The minimum Gasteiger partial charge on any atom is -0.353 e. The molecule has 9 nitrogen and oxygen atoms in total. The molecule has 2 heterocycles. The van der Waals surface area contributed by atoms with Crippen molar-refractivity contribution in [3.8, 4) is 0 Å². The normalized spacial score (nSPS) is 19.2. The van der Waals surface area contributed by atoms with E-state index in [2.05, 4.69) is 15.7 Å². The first kappa shape index (κ1) is 13.0. The summed E-state index contributed by atoms with van der Waals surface area (Å²) in [6.45, 7) is 1.52. The summed E-state index contributed by atoms with van der Waals surface area (Å²) in [5.74, 6) is -0.653. The number of nitrogens with one attached hydrogen (secondary N) is 2. The van der Waals surface area contributed by atoms with E-state index in [4.69, 9.17) is 0 Å². The maximum absolute atomic E-state index is 11.6. The summed E-state index contributed by atoms with van der Waals surface area (Å²) in [6, 6.07) is -0.675. The first-order valence-corrected chi connectivity index (χ1v) is 5.68. The van der Waals surface area contributed by atoms with Gasteiger partial charge in [0.15, 0.2) is 0 Å². The van der Waals surface area contributed by atoms with Gasteiger partial charge in [0.25, 0.3) is 0 Å². The number of aromatic nitrogens is 2. The standard InChI is InChI=1S/C10H13N5O4/c1-5-8(15(18)19)9(14(2)13-5)11-6-3-4-7(16)12-10(6)17/h6,11H,3-4H2,1-2H3,(H,12,16,17). The maximum Gasteiger partial charge on any atom is 0.333 e. The highest BCUT2D eigenvalue weighted by Gasteiger charge is 2.31. The molecule has 1 saturated heterocycles. The van der Waals surface area contributed by atoms with Gasteiger partial charge in [-0.15, -0.1) is 0 Å². The van der Waals surface area contributed by atoms with E-state index in [1.54, 1.807) is 7.05 Å². The summed E-state index contributed by atoms with van der Waals surface area (Å²) >= 11 is 0. The van der Waals surface area contributed by atoms with E-state index in [1.165, 1.54) is 11.6 Å². The highest BCUT2D eigenvalue weighted by atomic mass is 16.6. The van der Waals surface area contributed by atoms with Crippen LogP contribution in [0.5, 0.6) is 0 Å². The number of aryl methyl sites for hydroxylation is 2. The molecule has 1 aromatic rings. The molecule has 1 aliphatic heterocycles. The van der Waals surface area contributed by atoms with Crippen LogP contribution in [-0.4, -0.2) is 32.6 Å². The molecule has 2 rings (SSSR count). The van der Waals surface area contributed by atoms with Crippen molar-refractivity contribution in [2.45, 2.75) is 25.8 Å². The van der Waals surface area contributed by atoms with Crippen molar-refractivity contribution in [2.75, 3.05) is 5.32 Å². The van der Waals surface area contributed by atoms with E-state index < -0.39 is 16.9 Å². The first-order valence-electron chi connectivity index (χ1n) is 5.68. The monoisotopic (exact) mass is 267 g/mol. The lowest BCUT2D eigenvalue weighted by Gasteiger charge is -2.22. The van der Waals surface area contributed by atoms with Crippen LogP contribution >= 0.6 is 0 Å². The number of carbonyl (C=O) groups excluding carboxylic acids is 2. The molecule has 1 aliphatic rings. The van der Waals surface area contributed by atoms with Gasteiger partial charge >= 0.3 is 5.69 Å². The fourth-order valence-electron chi connectivity index (χ4n) is 2.02. The highest BCUT2D eigenvalue weighted by molar-refractivity contribution is 6.01. The smallest absolute Gasteiger partial charge is 0.333 e. The van der Waals surface area contributed by atoms with Crippen LogP contribution in [0.3, 0.4) is 0 Å². The second-order valence-corrected chi connectivity index (χ2v) is 4.31. The van der Waals surface area contributed by atoms with E-state index in [-0.39, 0.29) is 29.5 Å². The number of carbonyl (C=O) groups is 2. The predicted molar refractivity (Wildman–Crippen MR) is 64.4 cm³/mol. The molecule has 0 radical (unpaired) electrons. The second kappa shape index (κ2) is 4.67. The average molecular weight is 267 g/mol. The second-order valence-electron chi connectivity index (χ2n) is 4.31. The minimum absolute atomic E-state index is 0.160. The number of imide groups is 1. The quantitative estimate of drug-likeness (QED) is 0.446. The van der Waals surface area contributed by atoms with Gasteiger partial charge in [0.2, 0.25) is 17.6 Å². The molecule has 1 atom stereocenters. The van der Waals surface area contributed by atoms with Crippen molar-refractivity contribution in [3.63, 3.8) is 0 Å². The molecule has 0 aromatic carbocycles. The van der Waals surface area contributed by atoms with Crippen molar-refractivity contribution in [2.24, 2.45) is 7.05 Å². The lowest BCUT2D eigenvalue weighted by atomic mass is 10.1. The summed E-state index contributed by atoms with van der Waals surface area (Å²) in [6.07, 6.45) is 0.500. The number of hydrogen-bond acceptors (Lipinski definition) is 6. The number of amides is 2. The molecule has 9 heteroatoms. The van der Waals surface area contributed by atoms with Crippen molar-refractivity contribution >= 4 is 23.3 Å². The van der Waals surface area contributed by atoms with E-state index in [0.29, 0.717) is 6.42 Å². The van der Waals surface area contributed by atoms with E-state index in [1.807, 2.05) is 0 Å². The minimum atomic E-state index is -0.675. The third kappa shape index (κ3) is 2.39. The van der Waals surface area contributed by atoms with Crippen LogP contribution in [0.4, 0.5) is 11.5 Å².